The van der Waals surface area contributed by atoms with Gasteiger partial charge in [-0.15, -0.1) is 11.6 Å². The van der Waals surface area contributed by atoms with Gasteiger partial charge in [-0.05, 0) is 55.0 Å². The highest BCUT2D eigenvalue weighted by molar-refractivity contribution is 6.17. The fourth-order valence-electron chi connectivity index (χ4n) is 3.11. The molecule has 0 aliphatic heterocycles. The first kappa shape index (κ1) is 18.2. The van der Waals surface area contributed by atoms with E-state index < -0.39 is 0 Å². The molecule has 0 bridgehead atoms. The van der Waals surface area contributed by atoms with Crippen LogP contribution in [0.1, 0.15) is 21.5 Å². The smallest absolute Gasteiger partial charge is 0.255 e. The summed E-state index contributed by atoms with van der Waals surface area (Å²) in [6.45, 7) is 2.07. The molecule has 4 heteroatoms. The second-order valence-corrected chi connectivity index (χ2v) is 7.03. The summed E-state index contributed by atoms with van der Waals surface area (Å²) in [6.07, 6.45) is 0. The zero-order chi connectivity index (χ0) is 19.5. The lowest BCUT2D eigenvalue weighted by molar-refractivity contribution is 0.102. The van der Waals surface area contributed by atoms with Gasteiger partial charge in [0.05, 0.1) is 11.2 Å². The molecule has 3 aromatic carbocycles. The Hall–Kier alpha value is -3.17. The van der Waals surface area contributed by atoms with Crippen LogP contribution in [0.4, 0.5) is 5.69 Å². The van der Waals surface area contributed by atoms with Gasteiger partial charge in [0.25, 0.3) is 5.91 Å². The molecule has 28 heavy (non-hydrogen) atoms. The summed E-state index contributed by atoms with van der Waals surface area (Å²) in [4.78, 5) is 17.3. The number of hydrogen-bond donors (Lipinski definition) is 1. The van der Waals surface area contributed by atoms with Crippen LogP contribution in [0.5, 0.6) is 0 Å². The lowest BCUT2D eigenvalue weighted by atomic mass is 10.1. The van der Waals surface area contributed by atoms with Crippen molar-refractivity contribution in [2.24, 2.45) is 0 Å². The van der Waals surface area contributed by atoms with E-state index in [0.717, 1.165) is 33.4 Å². The molecule has 0 atom stereocenters. The van der Waals surface area contributed by atoms with Gasteiger partial charge in [-0.2, -0.15) is 0 Å². The molecular weight excluding hydrogens is 368 g/mol. The quantitative estimate of drug-likeness (QED) is 0.424. The van der Waals surface area contributed by atoms with Gasteiger partial charge in [0.2, 0.25) is 0 Å². The number of nitrogens with zero attached hydrogens (tertiary/aromatic N) is 1. The Morgan fingerprint density at radius 2 is 1.79 bits per heavy atom. The highest BCUT2D eigenvalue weighted by atomic mass is 35.5. The maximum absolute atomic E-state index is 12.5. The van der Waals surface area contributed by atoms with E-state index >= 15 is 0 Å². The van der Waals surface area contributed by atoms with Crippen molar-refractivity contribution in [1.29, 1.82) is 0 Å². The zero-order valence-corrected chi connectivity index (χ0v) is 16.2. The number of nitrogens with one attached hydrogen (secondary N) is 1. The number of anilines is 1. The van der Waals surface area contributed by atoms with Crippen molar-refractivity contribution >= 4 is 34.1 Å². The largest absolute Gasteiger partial charge is 0.322 e. The van der Waals surface area contributed by atoms with E-state index in [-0.39, 0.29) is 5.91 Å². The van der Waals surface area contributed by atoms with E-state index in [1.165, 1.54) is 5.56 Å². The monoisotopic (exact) mass is 386 g/mol. The SMILES string of the molecule is Cc1ccc2nc(-c3cccc(NC(=O)c4ccc(CCl)cc4)c3)ccc2c1. The molecule has 3 nitrogen and oxygen atoms in total. The number of fused-ring (bicyclic) bond motifs is 1. The van der Waals surface area contributed by atoms with E-state index in [9.17, 15) is 4.79 Å². The van der Waals surface area contributed by atoms with Gasteiger partial charge >= 0.3 is 0 Å². The second kappa shape index (κ2) is 7.83. The molecule has 1 heterocycles. The molecule has 0 radical (unpaired) electrons. The maximum Gasteiger partial charge on any atom is 0.255 e. The lowest BCUT2D eigenvalue weighted by Crippen LogP contribution is -2.11. The van der Waals surface area contributed by atoms with Crippen LogP contribution in [0.25, 0.3) is 22.2 Å². The number of halogens is 1. The van der Waals surface area contributed by atoms with Crippen molar-refractivity contribution in [1.82, 2.24) is 4.98 Å². The van der Waals surface area contributed by atoms with Crippen LogP contribution in [0, 0.1) is 6.92 Å². The number of rotatable bonds is 4. The third-order valence-electron chi connectivity index (χ3n) is 4.63. The molecule has 1 amide bonds. The molecule has 1 aromatic heterocycles. The highest BCUT2D eigenvalue weighted by Gasteiger charge is 2.08. The summed E-state index contributed by atoms with van der Waals surface area (Å²) in [5.41, 5.74) is 6.31. The van der Waals surface area contributed by atoms with Gasteiger partial charge in [-0.25, -0.2) is 4.98 Å². The predicted molar refractivity (Wildman–Crippen MR) is 116 cm³/mol. The number of benzene rings is 3. The van der Waals surface area contributed by atoms with Crippen molar-refractivity contribution in [3.8, 4) is 11.3 Å². The van der Waals surface area contributed by atoms with Crippen LogP contribution in [0.2, 0.25) is 0 Å². The summed E-state index contributed by atoms with van der Waals surface area (Å²) in [5, 5.41) is 4.07. The van der Waals surface area contributed by atoms with Gasteiger partial charge in [0.1, 0.15) is 0 Å². The Morgan fingerprint density at radius 3 is 2.57 bits per heavy atom. The fraction of sp³-hybridized carbons (Fsp3) is 0.0833. The molecule has 4 rings (SSSR count). The summed E-state index contributed by atoms with van der Waals surface area (Å²) < 4.78 is 0. The van der Waals surface area contributed by atoms with Gasteiger partial charge in [-0.3, -0.25) is 4.79 Å². The number of alkyl halides is 1. The minimum absolute atomic E-state index is 0.153. The number of carbonyl (C=O) groups is 1. The first-order valence-electron chi connectivity index (χ1n) is 9.06. The van der Waals surface area contributed by atoms with E-state index in [1.54, 1.807) is 12.1 Å². The van der Waals surface area contributed by atoms with Crippen LogP contribution in [-0.2, 0) is 5.88 Å². The van der Waals surface area contributed by atoms with Crippen molar-refractivity contribution in [3.05, 3.63) is 95.6 Å². The Labute approximate surface area is 169 Å². The number of pyridine rings is 1. The summed E-state index contributed by atoms with van der Waals surface area (Å²) >= 11 is 5.80. The fourth-order valence-corrected chi connectivity index (χ4v) is 3.29. The van der Waals surface area contributed by atoms with Crippen molar-refractivity contribution < 1.29 is 4.79 Å². The lowest BCUT2D eigenvalue weighted by Gasteiger charge is -2.09. The Kier molecular flexibility index (Phi) is 5.09. The Balaban J connectivity index is 1.58. The summed E-state index contributed by atoms with van der Waals surface area (Å²) in [5.74, 6) is 0.280. The molecule has 0 aliphatic rings. The average Bonchev–Trinajstić information content (AvgIpc) is 2.73. The topological polar surface area (TPSA) is 42.0 Å². The van der Waals surface area contributed by atoms with Gasteiger partial charge in [0, 0.05) is 28.1 Å². The zero-order valence-electron chi connectivity index (χ0n) is 15.4. The third kappa shape index (κ3) is 3.90. The molecule has 1 N–H and O–H groups in total. The molecular formula is C24H19ClN2O. The van der Waals surface area contributed by atoms with E-state index in [2.05, 4.69) is 30.4 Å². The van der Waals surface area contributed by atoms with Gasteiger partial charge in [0.15, 0.2) is 0 Å². The number of carbonyl (C=O) groups excluding carboxylic acids is 1. The molecule has 0 fully saturated rings. The molecule has 4 aromatic rings. The highest BCUT2D eigenvalue weighted by Crippen LogP contribution is 2.24. The van der Waals surface area contributed by atoms with Crippen LogP contribution in [0.15, 0.2) is 78.9 Å². The van der Waals surface area contributed by atoms with Crippen LogP contribution >= 0.6 is 11.6 Å². The molecule has 0 saturated heterocycles. The molecule has 0 unspecified atom stereocenters. The van der Waals surface area contributed by atoms with Crippen LogP contribution < -0.4 is 5.32 Å². The average molecular weight is 387 g/mol. The second-order valence-electron chi connectivity index (χ2n) is 6.76. The van der Waals surface area contributed by atoms with Gasteiger partial charge < -0.3 is 5.32 Å². The van der Waals surface area contributed by atoms with Crippen molar-refractivity contribution in [3.63, 3.8) is 0 Å². The molecule has 0 aliphatic carbocycles. The Bertz CT molecular complexity index is 1150. The number of aromatic nitrogens is 1. The van der Waals surface area contributed by atoms with E-state index in [4.69, 9.17) is 16.6 Å². The minimum atomic E-state index is -0.153. The normalized spacial score (nSPS) is 10.8. The number of amides is 1. The van der Waals surface area contributed by atoms with E-state index in [1.807, 2.05) is 48.5 Å². The summed E-state index contributed by atoms with van der Waals surface area (Å²) in [6, 6.07) is 25.3. The minimum Gasteiger partial charge on any atom is -0.322 e. The third-order valence-corrected chi connectivity index (χ3v) is 4.94. The van der Waals surface area contributed by atoms with Crippen LogP contribution in [0.3, 0.4) is 0 Å². The molecule has 0 spiro atoms. The molecule has 138 valence electrons. The first-order valence-corrected chi connectivity index (χ1v) is 9.60. The Morgan fingerprint density at radius 1 is 0.964 bits per heavy atom. The van der Waals surface area contributed by atoms with Crippen LogP contribution in [-0.4, -0.2) is 10.9 Å². The van der Waals surface area contributed by atoms with E-state index in [0.29, 0.717) is 11.4 Å². The first-order chi connectivity index (χ1) is 13.6. The van der Waals surface area contributed by atoms with Gasteiger partial charge in [-0.1, -0.05) is 42.0 Å². The van der Waals surface area contributed by atoms with Crippen molar-refractivity contribution in [2.45, 2.75) is 12.8 Å². The predicted octanol–water partition coefficient (Wildman–Crippen LogP) is 6.20. The van der Waals surface area contributed by atoms with Crippen molar-refractivity contribution in [2.75, 3.05) is 5.32 Å². The number of hydrogen-bond acceptors (Lipinski definition) is 2. The molecule has 0 saturated carbocycles. The number of aryl methyl sites for hydroxylation is 1. The summed E-state index contributed by atoms with van der Waals surface area (Å²) in [7, 11) is 0. The standard InChI is InChI=1S/C24H19ClN2O/c1-16-5-11-22-20(13-16)10-12-23(27-22)19-3-2-4-21(14-19)26-24(28)18-8-6-17(15-25)7-9-18/h2-14H,15H2,1H3,(H,26,28). The maximum atomic E-state index is 12.5.